The van der Waals surface area contributed by atoms with Crippen LogP contribution in [0.1, 0.15) is 59.8 Å². The molecule has 2 aliphatic heterocycles. The highest BCUT2D eigenvalue weighted by Crippen LogP contribution is 2.45. The lowest BCUT2D eigenvalue weighted by Gasteiger charge is -2.35. The Morgan fingerprint density at radius 3 is 2.40 bits per heavy atom. The second-order valence-electron chi connectivity index (χ2n) is 13.0. The second kappa shape index (κ2) is 10.3. The van der Waals surface area contributed by atoms with Crippen LogP contribution in [0, 0.1) is 11.8 Å². The molecular formula is C32H39BN4O5. The number of hydrogen-bond acceptors (Lipinski definition) is 6. The van der Waals surface area contributed by atoms with Crippen molar-refractivity contribution in [2.24, 2.45) is 11.8 Å². The third-order valence-electron chi connectivity index (χ3n) is 9.40. The fourth-order valence-electron chi connectivity index (χ4n) is 6.08. The number of carbonyl (C=O) groups is 2. The van der Waals surface area contributed by atoms with Crippen LogP contribution in [0.15, 0.2) is 54.7 Å². The first-order chi connectivity index (χ1) is 19.9. The van der Waals surface area contributed by atoms with Crippen LogP contribution < -0.4 is 10.8 Å². The number of rotatable bonds is 6. The fourth-order valence-corrected chi connectivity index (χ4v) is 6.08. The molecule has 6 rings (SSSR count). The quantitative estimate of drug-likeness (QED) is 0.328. The molecule has 220 valence electrons. The number of methoxy groups -OCH3 is 1. The third-order valence-corrected chi connectivity index (χ3v) is 9.40. The van der Waals surface area contributed by atoms with E-state index in [1.807, 2.05) is 24.9 Å². The minimum Gasteiger partial charge on any atom is -0.453 e. The summed E-state index contributed by atoms with van der Waals surface area (Å²) in [7, 11) is 0.894. The zero-order valence-electron chi connectivity index (χ0n) is 25.3. The standard InChI is InChI=1S/C32H39BN4O5/c1-18(2)27(36-30(39)40-7)29(38)37-25-13-11-22(25)16-26(37)28-34-17-24(35-28)21-9-8-20-15-23(12-10-19(20)14-21)33-41-31(3,4)32(5,6)42-33/h8-15,17-18,22,25-27H,16H2,1-7H3,(H,34,35)(H,36,39)/t22-,25-,26+,27+/m1/s1. The lowest BCUT2D eigenvalue weighted by molar-refractivity contribution is -0.137. The molecule has 0 saturated carbocycles. The Balaban J connectivity index is 1.24. The van der Waals surface area contributed by atoms with E-state index in [2.05, 4.69) is 86.5 Å². The lowest BCUT2D eigenvalue weighted by Crippen LogP contribution is -2.53. The van der Waals surface area contributed by atoms with E-state index >= 15 is 0 Å². The van der Waals surface area contributed by atoms with Crippen molar-refractivity contribution >= 4 is 35.4 Å². The summed E-state index contributed by atoms with van der Waals surface area (Å²) in [5.74, 6) is 0.790. The van der Waals surface area contributed by atoms with Gasteiger partial charge in [-0.05, 0) is 62.3 Å². The van der Waals surface area contributed by atoms with Gasteiger partial charge in [-0.1, -0.05) is 56.3 Å². The topological polar surface area (TPSA) is 106 Å². The van der Waals surface area contributed by atoms with Gasteiger partial charge in [-0.15, -0.1) is 0 Å². The van der Waals surface area contributed by atoms with E-state index in [0.717, 1.165) is 39.7 Å². The monoisotopic (exact) mass is 570 g/mol. The maximum atomic E-state index is 13.8. The van der Waals surface area contributed by atoms with E-state index in [1.165, 1.54) is 7.11 Å². The predicted molar refractivity (Wildman–Crippen MR) is 162 cm³/mol. The van der Waals surface area contributed by atoms with Crippen LogP contribution in [0.3, 0.4) is 0 Å². The average molecular weight is 570 g/mol. The molecule has 1 aromatic heterocycles. The SMILES string of the molecule is COC(=O)N[C@H](C(=O)N1[C@@H]2C=C[C@@H]2C[C@H]1c1ncc(-c2ccc3cc(B4OC(C)(C)C(C)(C)O4)ccc3c2)[nH]1)C(C)C. The summed E-state index contributed by atoms with van der Waals surface area (Å²) < 4.78 is 17.3. The van der Waals surface area contributed by atoms with E-state index in [1.54, 1.807) is 0 Å². The largest absolute Gasteiger partial charge is 0.494 e. The summed E-state index contributed by atoms with van der Waals surface area (Å²) in [5, 5.41) is 4.92. The number of ether oxygens (including phenoxy) is 1. The van der Waals surface area contributed by atoms with Crippen molar-refractivity contribution in [1.82, 2.24) is 20.2 Å². The summed E-state index contributed by atoms with van der Waals surface area (Å²) >= 11 is 0. The van der Waals surface area contributed by atoms with Crippen LogP contribution in [-0.2, 0) is 18.8 Å². The summed E-state index contributed by atoms with van der Waals surface area (Å²) in [5.41, 5.74) is 2.10. The molecule has 0 radical (unpaired) electrons. The van der Waals surface area contributed by atoms with Gasteiger partial charge in [-0.2, -0.15) is 0 Å². The maximum absolute atomic E-state index is 13.8. The van der Waals surface area contributed by atoms with Gasteiger partial charge >= 0.3 is 13.2 Å². The van der Waals surface area contributed by atoms with Crippen LogP contribution in [-0.4, -0.2) is 64.4 Å². The lowest BCUT2D eigenvalue weighted by atomic mass is 9.78. The first-order valence-corrected chi connectivity index (χ1v) is 14.7. The van der Waals surface area contributed by atoms with Gasteiger partial charge < -0.3 is 29.2 Å². The first-order valence-electron chi connectivity index (χ1n) is 14.7. The average Bonchev–Trinajstić information content (AvgIpc) is 3.58. The number of nitrogens with zero attached hydrogens (tertiary/aromatic N) is 2. The van der Waals surface area contributed by atoms with Gasteiger partial charge in [0.05, 0.1) is 42.3 Å². The van der Waals surface area contributed by atoms with Crippen molar-refractivity contribution in [3.05, 3.63) is 60.6 Å². The minimum atomic E-state index is -0.690. The summed E-state index contributed by atoms with van der Waals surface area (Å²) in [6.07, 6.45) is 6.20. The zero-order valence-corrected chi connectivity index (χ0v) is 25.3. The Kier molecular flexibility index (Phi) is 6.97. The molecule has 3 heterocycles. The number of benzene rings is 2. The number of carbonyl (C=O) groups excluding carboxylic acids is 2. The van der Waals surface area contributed by atoms with Crippen LogP contribution in [0.2, 0.25) is 0 Å². The molecule has 3 aliphatic rings. The summed E-state index contributed by atoms with van der Waals surface area (Å²) in [6, 6.07) is 11.7. The molecule has 0 bridgehead atoms. The Morgan fingerprint density at radius 1 is 1.07 bits per heavy atom. The second-order valence-corrected chi connectivity index (χ2v) is 13.0. The van der Waals surface area contributed by atoms with Gasteiger partial charge in [0.15, 0.2) is 0 Å². The smallest absolute Gasteiger partial charge is 0.453 e. The molecule has 1 aliphatic carbocycles. The van der Waals surface area contributed by atoms with Crippen molar-refractivity contribution in [1.29, 1.82) is 0 Å². The molecule has 2 amide bonds. The van der Waals surface area contributed by atoms with E-state index in [-0.39, 0.29) is 29.8 Å². The van der Waals surface area contributed by atoms with Crippen LogP contribution >= 0.6 is 0 Å². The number of aromatic amines is 1. The molecule has 42 heavy (non-hydrogen) atoms. The maximum Gasteiger partial charge on any atom is 0.494 e. The molecule has 0 unspecified atom stereocenters. The molecule has 2 fully saturated rings. The van der Waals surface area contributed by atoms with Crippen LogP contribution in [0.25, 0.3) is 22.0 Å². The van der Waals surface area contributed by atoms with Gasteiger partial charge in [-0.25, -0.2) is 9.78 Å². The third kappa shape index (κ3) is 4.80. The van der Waals surface area contributed by atoms with Crippen LogP contribution in [0.4, 0.5) is 4.79 Å². The highest BCUT2D eigenvalue weighted by atomic mass is 16.7. The summed E-state index contributed by atoms with van der Waals surface area (Å²) in [4.78, 5) is 35.9. The van der Waals surface area contributed by atoms with E-state index in [4.69, 9.17) is 19.0 Å². The Morgan fingerprint density at radius 2 is 1.76 bits per heavy atom. The van der Waals surface area contributed by atoms with E-state index in [9.17, 15) is 9.59 Å². The number of likely N-dealkylation sites (tertiary alicyclic amines) is 1. The minimum absolute atomic E-state index is 0.00408. The fraction of sp³-hybridized carbons (Fsp3) is 0.469. The molecule has 4 atom stereocenters. The normalized spacial score (nSPS) is 24.5. The van der Waals surface area contributed by atoms with Crippen molar-refractivity contribution in [3.8, 4) is 11.3 Å². The van der Waals surface area contributed by atoms with Crippen molar-refractivity contribution in [2.45, 2.75) is 77.3 Å². The molecule has 2 aromatic carbocycles. The highest BCUT2D eigenvalue weighted by molar-refractivity contribution is 6.62. The van der Waals surface area contributed by atoms with Crippen LogP contribution in [0.5, 0.6) is 0 Å². The number of H-pyrrole nitrogens is 1. The van der Waals surface area contributed by atoms with Gasteiger partial charge in [0.25, 0.3) is 0 Å². The number of alkyl carbamates (subject to hydrolysis) is 1. The van der Waals surface area contributed by atoms with Gasteiger partial charge in [0, 0.05) is 11.5 Å². The number of nitrogens with one attached hydrogen (secondary N) is 2. The number of aromatic nitrogens is 2. The van der Waals surface area contributed by atoms with Crippen molar-refractivity contribution in [2.75, 3.05) is 7.11 Å². The van der Waals surface area contributed by atoms with Crippen molar-refractivity contribution in [3.63, 3.8) is 0 Å². The van der Waals surface area contributed by atoms with Gasteiger partial charge in [-0.3, -0.25) is 4.79 Å². The molecule has 2 saturated heterocycles. The Bertz CT molecular complexity index is 1550. The number of hydrogen-bond donors (Lipinski definition) is 2. The zero-order chi connectivity index (χ0) is 30.0. The number of fused-ring (bicyclic) bond motifs is 2. The molecular weight excluding hydrogens is 531 g/mol. The Labute approximate surface area is 247 Å². The molecule has 0 spiro atoms. The summed E-state index contributed by atoms with van der Waals surface area (Å²) in [6.45, 7) is 12.1. The number of imidazole rings is 1. The Hall–Kier alpha value is -3.63. The van der Waals surface area contributed by atoms with Crippen molar-refractivity contribution < 1.29 is 23.6 Å². The molecule has 9 nitrogen and oxygen atoms in total. The predicted octanol–water partition coefficient (Wildman–Crippen LogP) is 4.74. The first kappa shape index (κ1) is 28.5. The molecule has 3 aromatic rings. The number of amides is 2. The van der Waals surface area contributed by atoms with E-state index in [0.29, 0.717) is 0 Å². The highest BCUT2D eigenvalue weighted by Gasteiger charge is 2.52. The molecule has 10 heteroatoms. The van der Waals surface area contributed by atoms with E-state index < -0.39 is 30.5 Å². The van der Waals surface area contributed by atoms with Gasteiger partial charge in [0.2, 0.25) is 5.91 Å². The molecule has 2 N–H and O–H groups in total. The van der Waals surface area contributed by atoms with Gasteiger partial charge in [0.1, 0.15) is 11.9 Å².